The summed E-state index contributed by atoms with van der Waals surface area (Å²) in [5.74, 6) is 2.60. The molecule has 0 radical (unpaired) electrons. The van der Waals surface area contributed by atoms with Gasteiger partial charge in [0.1, 0.15) is 5.56 Å². The Morgan fingerprint density at radius 2 is 1.95 bits per heavy atom. The second-order valence-corrected chi connectivity index (χ2v) is 4.53. The number of nitrogens with zero attached hydrogens (tertiary/aromatic N) is 1. The van der Waals surface area contributed by atoms with Crippen molar-refractivity contribution in [2.24, 2.45) is 0 Å². The van der Waals surface area contributed by atoms with Crippen LogP contribution < -0.4 is 11.2 Å². The average Bonchev–Trinajstić information content (AvgIpc) is 2.38. The third kappa shape index (κ3) is 3.24. The Hall–Kier alpha value is -2.06. The minimum absolute atomic E-state index is 0.253. The third-order valence-corrected chi connectivity index (χ3v) is 2.86. The van der Waals surface area contributed by atoms with Crippen LogP contribution in [0, 0.1) is 17.7 Å². The van der Waals surface area contributed by atoms with Crippen molar-refractivity contribution in [2.45, 2.75) is 13.5 Å². The fourth-order valence-electron chi connectivity index (χ4n) is 1.66. The molecule has 0 spiro atoms. The molecule has 0 fully saturated rings. The SMILES string of the molecule is Cc1ccc(Cn2cc(C#CBr)c(=O)[nH]c2=O)cc1. The number of benzene rings is 1. The molecule has 2 rings (SSSR count). The lowest BCUT2D eigenvalue weighted by Crippen LogP contribution is -2.31. The van der Waals surface area contributed by atoms with E-state index in [0.717, 1.165) is 11.1 Å². The fraction of sp³-hybridized carbons (Fsp3) is 0.143. The molecular formula is C14H11BrN2O2. The fourth-order valence-corrected chi connectivity index (χ4v) is 1.87. The molecule has 0 bridgehead atoms. The van der Waals surface area contributed by atoms with Crippen molar-refractivity contribution in [1.29, 1.82) is 0 Å². The van der Waals surface area contributed by atoms with Crippen LogP contribution in [-0.4, -0.2) is 9.55 Å². The van der Waals surface area contributed by atoms with Gasteiger partial charge in [-0.25, -0.2) is 4.79 Å². The Morgan fingerprint density at radius 3 is 2.58 bits per heavy atom. The molecule has 0 unspecified atom stereocenters. The van der Waals surface area contributed by atoms with Crippen molar-refractivity contribution in [3.05, 3.63) is 68.0 Å². The van der Waals surface area contributed by atoms with Gasteiger partial charge in [0.2, 0.25) is 0 Å². The molecule has 0 atom stereocenters. The summed E-state index contributed by atoms with van der Waals surface area (Å²) >= 11 is 2.94. The molecule has 4 nitrogen and oxygen atoms in total. The summed E-state index contributed by atoms with van der Waals surface area (Å²) in [6, 6.07) is 7.85. The van der Waals surface area contributed by atoms with E-state index in [4.69, 9.17) is 0 Å². The molecule has 2 aromatic rings. The molecule has 0 saturated carbocycles. The van der Waals surface area contributed by atoms with Gasteiger partial charge in [0.25, 0.3) is 5.56 Å². The number of aryl methyl sites for hydroxylation is 1. The number of aromatic nitrogens is 2. The quantitative estimate of drug-likeness (QED) is 0.855. The van der Waals surface area contributed by atoms with Crippen LogP contribution >= 0.6 is 15.9 Å². The van der Waals surface area contributed by atoms with Gasteiger partial charge in [-0.15, -0.1) is 0 Å². The molecule has 0 amide bonds. The summed E-state index contributed by atoms with van der Waals surface area (Å²) in [4.78, 5) is 27.9. The molecule has 1 aromatic heterocycles. The lowest BCUT2D eigenvalue weighted by atomic mass is 10.1. The minimum atomic E-state index is -0.475. The molecular weight excluding hydrogens is 308 g/mol. The highest BCUT2D eigenvalue weighted by Gasteiger charge is 2.03. The predicted octanol–water partition coefficient (Wildman–Crippen LogP) is 1.60. The first-order chi connectivity index (χ1) is 9.10. The summed E-state index contributed by atoms with van der Waals surface area (Å²) in [7, 11) is 0. The highest BCUT2D eigenvalue weighted by atomic mass is 79.9. The standard InChI is InChI=1S/C14H11BrN2O2/c1-10-2-4-11(5-3-10)8-17-9-12(6-7-15)13(18)16-14(17)19/h2-5,9H,8H2,1H3,(H,16,18,19). The number of hydrogen-bond donors (Lipinski definition) is 1. The maximum absolute atomic E-state index is 11.7. The molecule has 0 saturated heterocycles. The van der Waals surface area contributed by atoms with Gasteiger partial charge < -0.3 is 0 Å². The number of hydrogen-bond acceptors (Lipinski definition) is 2. The molecule has 96 valence electrons. The predicted molar refractivity (Wildman–Crippen MR) is 77.4 cm³/mol. The first-order valence-corrected chi connectivity index (χ1v) is 6.40. The Kier molecular flexibility index (Phi) is 4.03. The third-order valence-electron chi connectivity index (χ3n) is 2.67. The zero-order valence-electron chi connectivity index (χ0n) is 10.2. The van der Waals surface area contributed by atoms with Gasteiger partial charge in [0.05, 0.1) is 6.54 Å². The van der Waals surface area contributed by atoms with Crippen LogP contribution in [0.15, 0.2) is 40.1 Å². The average molecular weight is 319 g/mol. The van der Waals surface area contributed by atoms with Gasteiger partial charge >= 0.3 is 5.69 Å². The van der Waals surface area contributed by atoms with Crippen LogP contribution in [0.1, 0.15) is 16.7 Å². The summed E-state index contributed by atoms with van der Waals surface area (Å²) < 4.78 is 1.43. The normalized spacial score (nSPS) is 9.79. The van der Waals surface area contributed by atoms with Crippen molar-refractivity contribution >= 4 is 15.9 Å². The summed E-state index contributed by atoms with van der Waals surface area (Å²) in [5.41, 5.74) is 1.48. The van der Waals surface area contributed by atoms with E-state index < -0.39 is 11.2 Å². The van der Waals surface area contributed by atoms with E-state index >= 15 is 0 Å². The van der Waals surface area contributed by atoms with E-state index in [9.17, 15) is 9.59 Å². The van der Waals surface area contributed by atoms with Crippen LogP contribution in [-0.2, 0) is 6.54 Å². The highest BCUT2D eigenvalue weighted by molar-refractivity contribution is 9.12. The molecule has 0 aliphatic rings. The first kappa shape index (κ1) is 13.4. The number of aromatic amines is 1. The van der Waals surface area contributed by atoms with Crippen molar-refractivity contribution in [1.82, 2.24) is 9.55 Å². The summed E-state index contributed by atoms with van der Waals surface area (Å²) in [6.45, 7) is 2.40. The van der Waals surface area contributed by atoms with E-state index in [0.29, 0.717) is 6.54 Å². The maximum atomic E-state index is 11.7. The summed E-state index contributed by atoms with van der Waals surface area (Å²) in [6.07, 6.45) is 1.47. The van der Waals surface area contributed by atoms with Crippen molar-refractivity contribution < 1.29 is 0 Å². The smallest absolute Gasteiger partial charge is 0.295 e. The largest absolute Gasteiger partial charge is 0.328 e. The molecule has 1 aromatic carbocycles. The van der Waals surface area contributed by atoms with Crippen LogP contribution in [0.2, 0.25) is 0 Å². The molecule has 0 aliphatic heterocycles. The van der Waals surface area contributed by atoms with Crippen molar-refractivity contribution in [3.63, 3.8) is 0 Å². The second-order valence-electron chi connectivity index (χ2n) is 4.14. The Bertz CT molecular complexity index is 761. The Morgan fingerprint density at radius 1 is 1.26 bits per heavy atom. The van der Waals surface area contributed by atoms with Crippen LogP contribution in [0.5, 0.6) is 0 Å². The van der Waals surface area contributed by atoms with Crippen molar-refractivity contribution in [2.75, 3.05) is 0 Å². The molecule has 1 N–H and O–H groups in total. The van der Waals surface area contributed by atoms with E-state index in [2.05, 4.69) is 31.7 Å². The number of nitrogens with one attached hydrogen (secondary N) is 1. The van der Waals surface area contributed by atoms with Gasteiger partial charge in [-0.2, -0.15) is 0 Å². The molecule has 5 heteroatoms. The van der Waals surface area contributed by atoms with E-state index in [1.54, 1.807) is 0 Å². The maximum Gasteiger partial charge on any atom is 0.328 e. The van der Waals surface area contributed by atoms with Crippen LogP contribution in [0.25, 0.3) is 0 Å². The zero-order valence-corrected chi connectivity index (χ0v) is 11.8. The molecule has 0 aliphatic carbocycles. The minimum Gasteiger partial charge on any atom is -0.295 e. The second kappa shape index (κ2) is 5.72. The zero-order chi connectivity index (χ0) is 13.8. The van der Waals surface area contributed by atoms with Gasteiger partial charge in [-0.1, -0.05) is 29.8 Å². The molecule has 1 heterocycles. The molecule has 19 heavy (non-hydrogen) atoms. The number of halogens is 1. The lowest BCUT2D eigenvalue weighted by molar-refractivity contribution is 0.718. The van der Waals surface area contributed by atoms with Crippen molar-refractivity contribution in [3.8, 4) is 10.8 Å². The van der Waals surface area contributed by atoms with Gasteiger partial charge in [-0.05, 0) is 23.2 Å². The van der Waals surface area contributed by atoms with E-state index in [-0.39, 0.29) is 5.56 Å². The van der Waals surface area contributed by atoms with Crippen LogP contribution in [0.3, 0.4) is 0 Å². The topological polar surface area (TPSA) is 54.9 Å². The highest BCUT2D eigenvalue weighted by Crippen LogP contribution is 2.04. The Balaban J connectivity index is 2.41. The first-order valence-electron chi connectivity index (χ1n) is 5.61. The van der Waals surface area contributed by atoms with Crippen LogP contribution in [0.4, 0.5) is 0 Å². The lowest BCUT2D eigenvalue weighted by Gasteiger charge is -2.06. The van der Waals surface area contributed by atoms with Gasteiger partial charge in [0, 0.05) is 22.1 Å². The monoisotopic (exact) mass is 318 g/mol. The van der Waals surface area contributed by atoms with E-state index in [1.165, 1.54) is 10.8 Å². The van der Waals surface area contributed by atoms with Gasteiger partial charge in [0.15, 0.2) is 0 Å². The number of H-pyrrole nitrogens is 1. The summed E-state index contributed by atoms with van der Waals surface area (Å²) in [5, 5.41) is 0. The van der Waals surface area contributed by atoms with E-state index in [1.807, 2.05) is 31.2 Å². The Labute approximate surface area is 118 Å². The van der Waals surface area contributed by atoms with Gasteiger partial charge in [-0.3, -0.25) is 14.3 Å². The number of rotatable bonds is 2.